The lowest BCUT2D eigenvalue weighted by molar-refractivity contribution is -0.155. The van der Waals surface area contributed by atoms with Crippen LogP contribution in [0.5, 0.6) is 0 Å². The maximum absolute atomic E-state index is 13.4. The van der Waals surface area contributed by atoms with E-state index in [0.29, 0.717) is 47.8 Å². The highest BCUT2D eigenvalue weighted by molar-refractivity contribution is 7.20. The highest BCUT2D eigenvalue weighted by atomic mass is 32.1. The van der Waals surface area contributed by atoms with Crippen molar-refractivity contribution in [3.05, 3.63) is 67.2 Å². The molecular weight excluding hydrogens is 442 g/mol. The van der Waals surface area contributed by atoms with E-state index in [1.165, 1.54) is 11.3 Å². The molecule has 2 aromatic heterocycles. The predicted molar refractivity (Wildman–Crippen MR) is 128 cm³/mol. The first-order valence-corrected chi connectivity index (χ1v) is 11.7. The minimum Gasteiger partial charge on any atom is -0.475 e. The third kappa shape index (κ3) is 4.78. The van der Waals surface area contributed by atoms with Crippen molar-refractivity contribution in [3.8, 4) is 0 Å². The quantitative estimate of drug-likeness (QED) is 0.518. The number of aryl methyl sites for hydroxylation is 3. The van der Waals surface area contributed by atoms with Crippen molar-refractivity contribution in [3.63, 3.8) is 0 Å². The van der Waals surface area contributed by atoms with Gasteiger partial charge in [-0.2, -0.15) is 0 Å². The number of rotatable bonds is 6. The van der Waals surface area contributed by atoms with Crippen LogP contribution in [0.15, 0.2) is 44.9 Å². The van der Waals surface area contributed by atoms with Crippen molar-refractivity contribution < 1.29 is 14.3 Å². The highest BCUT2D eigenvalue weighted by Gasteiger charge is 2.26. The van der Waals surface area contributed by atoms with Gasteiger partial charge in [-0.05, 0) is 45.2 Å². The standard InChI is InChI=1S/C24H27N3O5S/c1-15-18-21(29)27(14-17(28)32-24(2,3)4)23(30)26(12-10-16-8-6-5-7-9-16)22(18)33-19(15)20-25-11-13-31-20/h5-9H,10-14H2,1-4H3. The molecule has 0 aliphatic carbocycles. The molecule has 0 amide bonds. The van der Waals surface area contributed by atoms with Crippen LogP contribution >= 0.6 is 11.3 Å². The van der Waals surface area contributed by atoms with E-state index in [9.17, 15) is 14.4 Å². The first kappa shape index (κ1) is 23.0. The van der Waals surface area contributed by atoms with Gasteiger partial charge < -0.3 is 9.47 Å². The average Bonchev–Trinajstić information content (AvgIpc) is 3.39. The van der Waals surface area contributed by atoms with Crippen LogP contribution < -0.4 is 11.2 Å². The summed E-state index contributed by atoms with van der Waals surface area (Å²) < 4.78 is 13.5. The number of ether oxygens (including phenoxy) is 2. The van der Waals surface area contributed by atoms with Gasteiger partial charge in [0.05, 0.1) is 16.8 Å². The second-order valence-corrected chi connectivity index (χ2v) is 9.92. The van der Waals surface area contributed by atoms with Crippen LogP contribution in [0.25, 0.3) is 10.2 Å². The number of aromatic nitrogens is 2. The molecular formula is C24H27N3O5S. The van der Waals surface area contributed by atoms with Gasteiger partial charge in [0.15, 0.2) is 0 Å². The molecule has 3 heterocycles. The van der Waals surface area contributed by atoms with Crippen LogP contribution in [-0.4, -0.2) is 39.8 Å². The number of hydrogen-bond donors (Lipinski definition) is 0. The number of benzene rings is 1. The molecule has 174 valence electrons. The Kier molecular flexibility index (Phi) is 6.25. The highest BCUT2D eigenvalue weighted by Crippen LogP contribution is 2.30. The van der Waals surface area contributed by atoms with Crippen molar-refractivity contribution in [2.75, 3.05) is 13.2 Å². The third-order valence-corrected chi connectivity index (χ3v) is 6.55. The normalized spacial score (nSPS) is 13.8. The van der Waals surface area contributed by atoms with Crippen molar-refractivity contribution >= 4 is 33.4 Å². The molecule has 1 aliphatic heterocycles. The van der Waals surface area contributed by atoms with Gasteiger partial charge in [-0.25, -0.2) is 14.4 Å². The summed E-state index contributed by atoms with van der Waals surface area (Å²) in [6.45, 7) is 8.02. The van der Waals surface area contributed by atoms with Crippen LogP contribution in [-0.2, 0) is 33.8 Å². The molecule has 0 spiro atoms. The second kappa shape index (κ2) is 8.97. The SMILES string of the molecule is Cc1c(C2=NCCO2)sc2c1c(=O)n(CC(=O)OC(C)(C)C)c(=O)n2CCc1ccccc1. The zero-order chi connectivity index (χ0) is 23.8. The summed E-state index contributed by atoms with van der Waals surface area (Å²) in [5.74, 6) is -0.138. The number of fused-ring (bicyclic) bond motifs is 1. The lowest BCUT2D eigenvalue weighted by atomic mass is 10.1. The number of nitrogens with zero attached hydrogens (tertiary/aromatic N) is 3. The molecule has 33 heavy (non-hydrogen) atoms. The molecule has 0 bridgehead atoms. The molecule has 8 nitrogen and oxygen atoms in total. The van der Waals surface area contributed by atoms with E-state index in [0.717, 1.165) is 15.0 Å². The topological polar surface area (TPSA) is 91.9 Å². The predicted octanol–water partition coefficient (Wildman–Crippen LogP) is 2.89. The molecule has 0 fully saturated rings. The fourth-order valence-electron chi connectivity index (χ4n) is 3.80. The minimum atomic E-state index is -0.722. The Bertz CT molecular complexity index is 1340. The molecule has 0 atom stereocenters. The Morgan fingerprint density at radius 1 is 1.18 bits per heavy atom. The Labute approximate surface area is 195 Å². The first-order chi connectivity index (χ1) is 15.7. The van der Waals surface area contributed by atoms with E-state index in [1.54, 1.807) is 25.3 Å². The van der Waals surface area contributed by atoms with Crippen LogP contribution in [0.3, 0.4) is 0 Å². The summed E-state index contributed by atoms with van der Waals surface area (Å²) in [4.78, 5) is 45.0. The Hall–Kier alpha value is -3.20. The third-order valence-electron chi connectivity index (χ3n) is 5.25. The molecule has 0 N–H and O–H groups in total. The maximum atomic E-state index is 13.4. The number of thiophene rings is 1. The summed E-state index contributed by atoms with van der Waals surface area (Å²) in [6.07, 6.45) is 0.601. The maximum Gasteiger partial charge on any atom is 0.332 e. The van der Waals surface area contributed by atoms with E-state index < -0.39 is 29.4 Å². The fourth-order valence-corrected chi connectivity index (χ4v) is 5.08. The summed E-state index contributed by atoms with van der Waals surface area (Å²) in [7, 11) is 0. The van der Waals surface area contributed by atoms with E-state index >= 15 is 0 Å². The Balaban J connectivity index is 1.85. The average molecular weight is 470 g/mol. The lowest BCUT2D eigenvalue weighted by Crippen LogP contribution is -2.42. The van der Waals surface area contributed by atoms with Gasteiger partial charge in [0.2, 0.25) is 5.90 Å². The van der Waals surface area contributed by atoms with Gasteiger partial charge in [0, 0.05) is 6.54 Å². The molecule has 3 aromatic rings. The monoisotopic (exact) mass is 469 g/mol. The largest absolute Gasteiger partial charge is 0.475 e. The summed E-state index contributed by atoms with van der Waals surface area (Å²) in [5, 5.41) is 0.407. The molecule has 0 radical (unpaired) electrons. The number of hydrogen-bond acceptors (Lipinski definition) is 7. The fraction of sp³-hybridized carbons (Fsp3) is 0.417. The molecule has 0 saturated heterocycles. The van der Waals surface area contributed by atoms with Gasteiger partial charge in [0.1, 0.15) is 23.6 Å². The van der Waals surface area contributed by atoms with Crippen molar-refractivity contribution in [2.45, 2.75) is 52.8 Å². The lowest BCUT2D eigenvalue weighted by Gasteiger charge is -2.20. The number of aliphatic imine (C=N–C) groups is 1. The summed E-state index contributed by atoms with van der Waals surface area (Å²) in [5.41, 5.74) is 0.0128. The summed E-state index contributed by atoms with van der Waals surface area (Å²) in [6, 6.07) is 9.81. The van der Waals surface area contributed by atoms with E-state index in [2.05, 4.69) is 4.99 Å². The molecule has 4 rings (SSSR count). The van der Waals surface area contributed by atoms with Crippen LogP contribution in [0.1, 0.15) is 36.8 Å². The molecule has 0 saturated carbocycles. The van der Waals surface area contributed by atoms with Crippen molar-refractivity contribution in [1.82, 2.24) is 9.13 Å². The van der Waals surface area contributed by atoms with E-state index in [4.69, 9.17) is 9.47 Å². The first-order valence-electron chi connectivity index (χ1n) is 10.9. The van der Waals surface area contributed by atoms with Gasteiger partial charge in [0.25, 0.3) is 5.56 Å². The zero-order valence-corrected chi connectivity index (χ0v) is 20.0. The minimum absolute atomic E-state index is 0.362. The van der Waals surface area contributed by atoms with E-state index in [1.807, 2.05) is 37.3 Å². The molecule has 1 aromatic carbocycles. The van der Waals surface area contributed by atoms with Gasteiger partial charge in [-0.1, -0.05) is 30.3 Å². The van der Waals surface area contributed by atoms with Crippen LogP contribution in [0.2, 0.25) is 0 Å². The number of carbonyl (C=O) groups is 1. The number of esters is 1. The smallest absolute Gasteiger partial charge is 0.332 e. The molecule has 9 heteroatoms. The second-order valence-electron chi connectivity index (χ2n) is 8.92. The Morgan fingerprint density at radius 2 is 1.91 bits per heavy atom. The molecule has 1 aliphatic rings. The number of carbonyl (C=O) groups excluding carboxylic acids is 1. The van der Waals surface area contributed by atoms with Crippen LogP contribution in [0, 0.1) is 6.92 Å². The Morgan fingerprint density at radius 3 is 2.55 bits per heavy atom. The molecule has 0 unspecified atom stereocenters. The zero-order valence-electron chi connectivity index (χ0n) is 19.2. The van der Waals surface area contributed by atoms with Gasteiger partial charge in [-0.15, -0.1) is 11.3 Å². The van der Waals surface area contributed by atoms with Crippen molar-refractivity contribution in [2.24, 2.45) is 4.99 Å². The van der Waals surface area contributed by atoms with Crippen molar-refractivity contribution in [1.29, 1.82) is 0 Å². The summed E-state index contributed by atoms with van der Waals surface area (Å²) >= 11 is 1.33. The van der Waals surface area contributed by atoms with Gasteiger partial charge >= 0.3 is 11.7 Å². The van der Waals surface area contributed by atoms with E-state index in [-0.39, 0.29) is 0 Å². The van der Waals surface area contributed by atoms with Crippen LogP contribution in [0.4, 0.5) is 0 Å². The van der Waals surface area contributed by atoms with Gasteiger partial charge in [-0.3, -0.25) is 14.2 Å².